The van der Waals surface area contributed by atoms with Gasteiger partial charge in [0.15, 0.2) is 6.04 Å². The maximum Gasteiger partial charge on any atom is 0.330 e. The Balaban J connectivity index is 0.00000441. The molecule has 1 rings (SSSR count). The number of carbonyl (C=O) groups excluding carboxylic acids is 2. The zero-order valence-corrected chi connectivity index (χ0v) is 13.8. The molecule has 1 atom stereocenters. The lowest BCUT2D eigenvalue weighted by Gasteiger charge is -2.22. The molecule has 0 saturated carbocycles. The van der Waals surface area contributed by atoms with Crippen molar-refractivity contribution < 1.29 is 19.1 Å². The van der Waals surface area contributed by atoms with Crippen molar-refractivity contribution in [3.8, 4) is 0 Å². The zero-order chi connectivity index (χ0) is 15.9. The van der Waals surface area contributed by atoms with Gasteiger partial charge in [0.05, 0.1) is 25.9 Å². The maximum absolute atomic E-state index is 11.8. The Morgan fingerprint density at radius 3 is 2.36 bits per heavy atom. The maximum atomic E-state index is 11.8. The van der Waals surface area contributed by atoms with Gasteiger partial charge in [-0.1, -0.05) is 30.3 Å². The highest BCUT2D eigenvalue weighted by Gasteiger charge is 2.28. The van der Waals surface area contributed by atoms with E-state index in [4.69, 9.17) is 10.5 Å². The fraction of sp³-hybridized carbons (Fsp3) is 0.467. The van der Waals surface area contributed by atoms with Crippen molar-refractivity contribution in [2.24, 2.45) is 5.73 Å². The van der Waals surface area contributed by atoms with Crippen LogP contribution in [-0.2, 0) is 25.7 Å². The number of halogens is 1. The van der Waals surface area contributed by atoms with Gasteiger partial charge in [-0.2, -0.15) is 0 Å². The first kappa shape index (κ1) is 20.4. The quantitative estimate of drug-likeness (QED) is 0.728. The molecule has 0 fully saturated rings. The summed E-state index contributed by atoms with van der Waals surface area (Å²) in [6.45, 7) is 3.47. The molecule has 3 N–H and O–H groups in total. The van der Waals surface area contributed by atoms with Crippen LogP contribution in [-0.4, -0.2) is 37.2 Å². The van der Waals surface area contributed by atoms with Crippen molar-refractivity contribution >= 4 is 24.3 Å². The van der Waals surface area contributed by atoms with E-state index in [-0.39, 0.29) is 19.0 Å². The predicted octanol–water partition coefficient (Wildman–Crippen LogP) is 1.02. The van der Waals surface area contributed by atoms with E-state index in [1.807, 2.05) is 30.3 Å². The normalized spacial score (nSPS) is 12.0. The van der Waals surface area contributed by atoms with Gasteiger partial charge in [0, 0.05) is 0 Å². The van der Waals surface area contributed by atoms with E-state index in [1.54, 1.807) is 13.8 Å². The number of hydrogen-bond donors (Lipinski definition) is 2. The number of nitrogens with one attached hydrogen (secondary N) is 1. The lowest BCUT2D eigenvalue weighted by atomic mass is 10.1. The summed E-state index contributed by atoms with van der Waals surface area (Å²) in [5.74, 6) is -1.01. The third-order valence-electron chi connectivity index (χ3n) is 2.77. The van der Waals surface area contributed by atoms with Gasteiger partial charge in [-0.3, -0.25) is 4.79 Å². The second kappa shape index (κ2) is 9.40. The average Bonchev–Trinajstić information content (AvgIpc) is 2.45. The molecule has 22 heavy (non-hydrogen) atoms. The Bertz CT molecular complexity index is 474. The van der Waals surface area contributed by atoms with Gasteiger partial charge in [-0.15, -0.1) is 12.4 Å². The summed E-state index contributed by atoms with van der Waals surface area (Å²) < 4.78 is 10.1. The molecule has 0 aliphatic heterocycles. The van der Waals surface area contributed by atoms with Gasteiger partial charge in [-0.05, 0) is 19.4 Å². The molecule has 0 spiro atoms. The lowest BCUT2D eigenvalue weighted by Crippen LogP contribution is -2.55. The van der Waals surface area contributed by atoms with E-state index >= 15 is 0 Å². The molecule has 124 valence electrons. The SMILES string of the molecule is COC(=O)C(COCc1ccccc1)NC(=O)C(C)(C)N.Cl. The van der Waals surface area contributed by atoms with Gasteiger partial charge in [0.1, 0.15) is 0 Å². The van der Waals surface area contributed by atoms with Gasteiger partial charge in [0.25, 0.3) is 0 Å². The molecule has 0 heterocycles. The molecular formula is C15H23ClN2O4. The van der Waals surface area contributed by atoms with Crippen molar-refractivity contribution in [1.29, 1.82) is 0 Å². The number of nitrogens with two attached hydrogens (primary N) is 1. The number of ether oxygens (including phenoxy) is 2. The van der Waals surface area contributed by atoms with E-state index in [1.165, 1.54) is 7.11 Å². The van der Waals surface area contributed by atoms with Crippen LogP contribution in [0.3, 0.4) is 0 Å². The van der Waals surface area contributed by atoms with E-state index in [0.29, 0.717) is 6.61 Å². The minimum Gasteiger partial charge on any atom is -0.467 e. The third kappa shape index (κ3) is 6.89. The molecule has 1 amide bonds. The number of amides is 1. The standard InChI is InChI=1S/C15H22N2O4.ClH/c1-15(2,16)14(19)17-12(13(18)20-3)10-21-9-11-7-5-4-6-8-11;/h4-8,12H,9-10,16H2,1-3H3,(H,17,19);1H. The van der Waals surface area contributed by atoms with Crippen LogP contribution in [0.2, 0.25) is 0 Å². The fourth-order valence-electron chi connectivity index (χ4n) is 1.52. The van der Waals surface area contributed by atoms with E-state index in [9.17, 15) is 9.59 Å². The first-order valence-corrected chi connectivity index (χ1v) is 6.64. The summed E-state index contributed by atoms with van der Waals surface area (Å²) >= 11 is 0. The minimum atomic E-state index is -1.08. The highest BCUT2D eigenvalue weighted by atomic mass is 35.5. The molecule has 1 aromatic carbocycles. The molecule has 0 aliphatic carbocycles. The van der Waals surface area contributed by atoms with Crippen LogP contribution in [0.15, 0.2) is 30.3 Å². The molecule has 6 nitrogen and oxygen atoms in total. The van der Waals surface area contributed by atoms with Gasteiger partial charge in [0.2, 0.25) is 5.91 Å². The summed E-state index contributed by atoms with van der Waals surface area (Å²) in [5.41, 5.74) is 5.58. The minimum absolute atomic E-state index is 0. The van der Waals surface area contributed by atoms with Crippen LogP contribution in [0.25, 0.3) is 0 Å². The summed E-state index contributed by atoms with van der Waals surface area (Å²) in [7, 11) is 1.26. The van der Waals surface area contributed by atoms with Crippen LogP contribution >= 0.6 is 12.4 Å². The van der Waals surface area contributed by atoms with Crippen LogP contribution in [0, 0.1) is 0 Å². The molecule has 7 heteroatoms. The van der Waals surface area contributed by atoms with Crippen molar-refractivity contribution in [3.63, 3.8) is 0 Å². The Hall–Kier alpha value is -1.63. The van der Waals surface area contributed by atoms with Crippen molar-refractivity contribution in [3.05, 3.63) is 35.9 Å². The van der Waals surface area contributed by atoms with Crippen molar-refractivity contribution in [2.45, 2.75) is 32.0 Å². The number of benzene rings is 1. The van der Waals surface area contributed by atoms with Crippen molar-refractivity contribution in [1.82, 2.24) is 5.32 Å². The first-order chi connectivity index (χ1) is 9.84. The smallest absolute Gasteiger partial charge is 0.330 e. The number of carbonyl (C=O) groups is 2. The number of rotatable bonds is 7. The molecule has 0 aromatic heterocycles. The zero-order valence-electron chi connectivity index (χ0n) is 13.0. The van der Waals surface area contributed by atoms with Crippen LogP contribution in [0.5, 0.6) is 0 Å². The molecule has 0 radical (unpaired) electrons. The summed E-state index contributed by atoms with van der Waals surface area (Å²) in [6, 6.07) is 8.65. The molecular weight excluding hydrogens is 308 g/mol. The van der Waals surface area contributed by atoms with Crippen LogP contribution < -0.4 is 11.1 Å². The number of esters is 1. The van der Waals surface area contributed by atoms with Crippen LogP contribution in [0.4, 0.5) is 0 Å². The average molecular weight is 331 g/mol. The largest absolute Gasteiger partial charge is 0.467 e. The predicted molar refractivity (Wildman–Crippen MR) is 85.6 cm³/mol. The fourth-order valence-corrected chi connectivity index (χ4v) is 1.52. The van der Waals surface area contributed by atoms with Gasteiger partial charge < -0.3 is 20.5 Å². The molecule has 0 aliphatic rings. The summed E-state index contributed by atoms with van der Waals surface area (Å²) in [6.07, 6.45) is 0. The summed E-state index contributed by atoms with van der Waals surface area (Å²) in [5, 5.41) is 2.53. The monoisotopic (exact) mass is 330 g/mol. The highest BCUT2D eigenvalue weighted by molar-refractivity contribution is 5.89. The topological polar surface area (TPSA) is 90.6 Å². The first-order valence-electron chi connectivity index (χ1n) is 6.64. The molecule has 1 aromatic rings. The Morgan fingerprint density at radius 1 is 1.27 bits per heavy atom. The Kier molecular flexibility index (Phi) is 8.70. The molecule has 0 saturated heterocycles. The Morgan fingerprint density at radius 2 is 1.86 bits per heavy atom. The third-order valence-corrected chi connectivity index (χ3v) is 2.77. The molecule has 1 unspecified atom stereocenters. The van der Waals surface area contributed by atoms with E-state index < -0.39 is 23.5 Å². The Labute approximate surface area is 136 Å². The van der Waals surface area contributed by atoms with E-state index in [0.717, 1.165) is 5.56 Å². The van der Waals surface area contributed by atoms with Gasteiger partial charge in [-0.25, -0.2) is 4.79 Å². The molecule has 0 bridgehead atoms. The summed E-state index contributed by atoms with van der Waals surface area (Å²) in [4.78, 5) is 23.5. The van der Waals surface area contributed by atoms with Gasteiger partial charge >= 0.3 is 5.97 Å². The van der Waals surface area contributed by atoms with Crippen LogP contribution in [0.1, 0.15) is 19.4 Å². The highest BCUT2D eigenvalue weighted by Crippen LogP contribution is 2.03. The number of hydrogen-bond acceptors (Lipinski definition) is 5. The second-order valence-corrected chi connectivity index (χ2v) is 5.27. The lowest BCUT2D eigenvalue weighted by molar-refractivity contribution is -0.147. The second-order valence-electron chi connectivity index (χ2n) is 5.27. The van der Waals surface area contributed by atoms with Crippen molar-refractivity contribution in [2.75, 3.05) is 13.7 Å². The van der Waals surface area contributed by atoms with E-state index in [2.05, 4.69) is 10.1 Å². The number of methoxy groups -OCH3 is 1.